The maximum Gasteiger partial charge on any atom is 0.276 e. The van der Waals surface area contributed by atoms with E-state index in [0.29, 0.717) is 22.4 Å². The highest BCUT2D eigenvalue weighted by Gasteiger charge is 2.36. The molecule has 1 atom stereocenters. The summed E-state index contributed by atoms with van der Waals surface area (Å²) >= 11 is 4.96. The topological polar surface area (TPSA) is 70.2 Å². The molecule has 0 bridgehead atoms. The Labute approximate surface area is 220 Å². The Bertz CT molecular complexity index is 1610. The summed E-state index contributed by atoms with van der Waals surface area (Å²) in [7, 11) is 0. The predicted octanol–water partition coefficient (Wildman–Crippen LogP) is 5.09. The van der Waals surface area contributed by atoms with Crippen molar-refractivity contribution in [1.82, 2.24) is 10.3 Å². The van der Waals surface area contributed by atoms with E-state index in [1.54, 1.807) is 5.01 Å². The molecular formula is C28H21BrN4O2S. The Kier molecular flexibility index (Phi) is 5.99. The van der Waals surface area contributed by atoms with Crippen LogP contribution in [0.2, 0.25) is 0 Å². The van der Waals surface area contributed by atoms with Crippen LogP contribution in [0.5, 0.6) is 0 Å². The number of rotatable bonds is 4. The molecule has 0 fully saturated rings. The van der Waals surface area contributed by atoms with Crippen molar-refractivity contribution in [3.63, 3.8) is 0 Å². The number of carbonyl (C=O) groups excluding carboxylic acids is 1. The summed E-state index contributed by atoms with van der Waals surface area (Å²) in [5, 5.41) is 11.5. The van der Waals surface area contributed by atoms with Crippen molar-refractivity contribution in [3.8, 4) is 11.3 Å². The smallest absolute Gasteiger partial charge is 0.276 e. The average molecular weight is 557 g/mol. The summed E-state index contributed by atoms with van der Waals surface area (Å²) in [6.45, 7) is 2.06. The number of hydrogen-bond donors (Lipinski definition) is 1. The predicted molar refractivity (Wildman–Crippen MR) is 145 cm³/mol. The number of amidine groups is 1. The fraction of sp³-hybridized carbons (Fsp3) is 0.107. The number of nitrogens with one attached hydrogen (secondary N) is 1. The molecule has 1 aromatic heterocycles. The summed E-state index contributed by atoms with van der Waals surface area (Å²) in [5.41, 5.74) is 3.79. The van der Waals surface area contributed by atoms with Crippen molar-refractivity contribution in [2.45, 2.75) is 18.8 Å². The van der Waals surface area contributed by atoms with Crippen LogP contribution in [0.15, 0.2) is 104 Å². The van der Waals surface area contributed by atoms with Gasteiger partial charge in [0.05, 0.1) is 5.36 Å². The zero-order valence-electron chi connectivity index (χ0n) is 19.3. The number of para-hydroxylation sites is 1. The number of thioether (sulfide) groups is 1. The third-order valence-electron chi connectivity index (χ3n) is 6.02. The van der Waals surface area contributed by atoms with E-state index in [9.17, 15) is 4.79 Å². The minimum atomic E-state index is -0.597. The minimum absolute atomic E-state index is 0.205. The quantitative estimate of drug-likeness (QED) is 0.380. The van der Waals surface area contributed by atoms with Crippen LogP contribution in [0, 0.1) is 6.92 Å². The van der Waals surface area contributed by atoms with Crippen LogP contribution in [-0.4, -0.2) is 16.1 Å². The number of amides is 1. The molecule has 0 spiro atoms. The fourth-order valence-corrected chi connectivity index (χ4v) is 5.25. The standard InChI is InChI=1S/C28H21BrN4O2S/c1-17-6-8-18(9-7-17)16-36-28-31-27(34)25-21-4-2-3-5-22(21)30-26(33(25)32-28)24-15-14-23(35-24)19-10-12-20(29)13-11-19/h2-15,26H,16H2,1H3,(H,31,32,34). The van der Waals surface area contributed by atoms with E-state index < -0.39 is 6.17 Å². The summed E-state index contributed by atoms with van der Waals surface area (Å²) in [6.07, 6.45) is -0.597. The van der Waals surface area contributed by atoms with Gasteiger partial charge in [0.1, 0.15) is 11.5 Å². The largest absolute Gasteiger partial charge is 0.457 e. The van der Waals surface area contributed by atoms with Crippen LogP contribution in [0.25, 0.3) is 17.0 Å². The average Bonchev–Trinajstić information content (AvgIpc) is 3.38. The summed E-state index contributed by atoms with van der Waals surface area (Å²) in [5.74, 6) is 1.83. The summed E-state index contributed by atoms with van der Waals surface area (Å²) < 4.78 is 7.25. The van der Waals surface area contributed by atoms with Gasteiger partial charge in [-0.3, -0.25) is 10.1 Å². The van der Waals surface area contributed by atoms with E-state index in [1.807, 2.05) is 60.7 Å². The molecule has 0 saturated heterocycles. The fourth-order valence-electron chi connectivity index (χ4n) is 4.17. The van der Waals surface area contributed by atoms with E-state index in [1.165, 1.54) is 17.3 Å². The Morgan fingerprint density at radius 1 is 1.00 bits per heavy atom. The molecule has 2 aliphatic rings. The highest BCUT2D eigenvalue weighted by molar-refractivity contribution is 9.10. The highest BCUT2D eigenvalue weighted by atomic mass is 79.9. The number of benzene rings is 3. The van der Waals surface area contributed by atoms with Gasteiger partial charge >= 0.3 is 0 Å². The van der Waals surface area contributed by atoms with E-state index in [4.69, 9.17) is 14.5 Å². The molecule has 4 aromatic rings. The van der Waals surface area contributed by atoms with Crippen LogP contribution < -0.4 is 15.9 Å². The van der Waals surface area contributed by atoms with E-state index in [2.05, 4.69) is 52.4 Å². The van der Waals surface area contributed by atoms with Gasteiger partial charge in [-0.2, -0.15) is 0 Å². The molecule has 0 radical (unpaired) electrons. The number of aryl methyl sites for hydroxylation is 1. The second kappa shape index (κ2) is 9.44. The van der Waals surface area contributed by atoms with Crippen molar-refractivity contribution in [1.29, 1.82) is 0 Å². The number of carbonyl (C=O) groups is 1. The van der Waals surface area contributed by atoms with Gasteiger partial charge < -0.3 is 4.42 Å². The lowest BCUT2D eigenvalue weighted by Crippen LogP contribution is -2.50. The molecule has 1 unspecified atom stereocenters. The van der Waals surface area contributed by atoms with Crippen molar-refractivity contribution in [3.05, 3.63) is 117 Å². The van der Waals surface area contributed by atoms with Gasteiger partial charge in [0.15, 0.2) is 10.9 Å². The van der Waals surface area contributed by atoms with Crippen molar-refractivity contribution < 1.29 is 9.21 Å². The molecular weight excluding hydrogens is 536 g/mol. The number of halogens is 1. The van der Waals surface area contributed by atoms with Crippen LogP contribution in [-0.2, 0) is 10.5 Å². The maximum atomic E-state index is 13.3. The molecule has 1 amide bonds. The molecule has 0 saturated carbocycles. The molecule has 3 aromatic carbocycles. The SMILES string of the molecule is Cc1ccc(CSC2=NN3C(=c4ccccc4=NC3c3ccc(-c4ccc(Br)cc4)o3)C(=O)N2)cc1. The normalized spacial score (nSPS) is 16.6. The molecule has 6 rings (SSSR count). The first-order valence-corrected chi connectivity index (χ1v) is 13.2. The van der Waals surface area contributed by atoms with Crippen LogP contribution in [0.4, 0.5) is 0 Å². The first-order chi connectivity index (χ1) is 17.5. The van der Waals surface area contributed by atoms with Crippen molar-refractivity contribution in [2.24, 2.45) is 10.1 Å². The Hall–Kier alpha value is -3.62. The monoisotopic (exact) mass is 556 g/mol. The zero-order chi connectivity index (χ0) is 24.6. The summed E-state index contributed by atoms with van der Waals surface area (Å²) in [4.78, 5) is 18.3. The molecule has 2 aliphatic heterocycles. The van der Waals surface area contributed by atoms with Gasteiger partial charge in [0, 0.05) is 21.0 Å². The molecule has 3 heterocycles. The van der Waals surface area contributed by atoms with Gasteiger partial charge in [0.25, 0.3) is 5.91 Å². The Balaban J connectivity index is 1.38. The summed E-state index contributed by atoms with van der Waals surface area (Å²) in [6, 6.07) is 27.7. The molecule has 8 heteroatoms. The molecule has 178 valence electrons. The van der Waals surface area contributed by atoms with Gasteiger partial charge in [-0.05, 0) is 42.8 Å². The molecule has 1 N–H and O–H groups in total. The van der Waals surface area contributed by atoms with Crippen molar-refractivity contribution in [2.75, 3.05) is 0 Å². The second-order valence-electron chi connectivity index (χ2n) is 8.56. The minimum Gasteiger partial charge on any atom is -0.457 e. The zero-order valence-corrected chi connectivity index (χ0v) is 21.7. The van der Waals surface area contributed by atoms with Gasteiger partial charge in [-0.25, -0.2) is 10.0 Å². The molecule has 36 heavy (non-hydrogen) atoms. The van der Waals surface area contributed by atoms with Crippen LogP contribution in [0.1, 0.15) is 23.1 Å². The van der Waals surface area contributed by atoms with E-state index in [-0.39, 0.29) is 5.91 Å². The lowest BCUT2D eigenvalue weighted by molar-refractivity contribution is -0.116. The van der Waals surface area contributed by atoms with Crippen LogP contribution >= 0.6 is 27.7 Å². The first-order valence-electron chi connectivity index (χ1n) is 11.5. The Morgan fingerprint density at radius 2 is 1.78 bits per heavy atom. The third-order valence-corrected chi connectivity index (χ3v) is 7.49. The first kappa shape index (κ1) is 22.8. The number of fused-ring (bicyclic) bond motifs is 2. The lowest BCUT2D eigenvalue weighted by Gasteiger charge is -2.32. The lowest BCUT2D eigenvalue weighted by atomic mass is 10.1. The Morgan fingerprint density at radius 3 is 2.58 bits per heavy atom. The second-order valence-corrected chi connectivity index (χ2v) is 10.4. The van der Waals surface area contributed by atoms with Crippen molar-refractivity contribution >= 4 is 44.5 Å². The number of furan rings is 1. The number of hydrogen-bond acceptors (Lipinski definition) is 6. The maximum absolute atomic E-state index is 13.3. The van der Waals surface area contributed by atoms with E-state index >= 15 is 0 Å². The van der Waals surface area contributed by atoms with E-state index in [0.717, 1.165) is 31.9 Å². The number of hydrazone groups is 1. The highest BCUT2D eigenvalue weighted by Crippen LogP contribution is 2.34. The third kappa shape index (κ3) is 4.38. The van der Waals surface area contributed by atoms with Gasteiger partial charge in [0.2, 0.25) is 6.17 Å². The van der Waals surface area contributed by atoms with Gasteiger partial charge in [-0.15, -0.1) is 5.10 Å². The number of nitrogens with zero attached hydrogens (tertiary/aromatic N) is 3. The van der Waals surface area contributed by atoms with Crippen LogP contribution in [0.3, 0.4) is 0 Å². The van der Waals surface area contributed by atoms with Gasteiger partial charge in [-0.1, -0.05) is 87.9 Å². The molecule has 0 aliphatic carbocycles. The molecule has 6 nitrogen and oxygen atoms in total.